The van der Waals surface area contributed by atoms with E-state index >= 15 is 0 Å². The largest absolute Gasteiger partial charge is 0.462 e. The molecule has 6 atom stereocenters. The number of esters is 4. The molecule has 1 rings (SSSR count). The van der Waals surface area contributed by atoms with Crippen LogP contribution >= 0.6 is 0 Å². The minimum atomic E-state index is -1.15. The highest BCUT2D eigenvalue weighted by molar-refractivity contribution is 5.68. The Labute approximate surface area is 162 Å². The molecule has 11 heteroatoms. The van der Waals surface area contributed by atoms with Crippen LogP contribution in [0.1, 0.15) is 27.7 Å². The molecule has 0 aromatic rings. The highest BCUT2D eigenvalue weighted by Crippen LogP contribution is 2.31. The molecule has 0 amide bonds. The van der Waals surface area contributed by atoms with Crippen molar-refractivity contribution in [1.82, 2.24) is 0 Å². The van der Waals surface area contributed by atoms with E-state index < -0.39 is 60.7 Å². The molecule has 0 radical (unpaired) electrons. The fourth-order valence-electron chi connectivity index (χ4n) is 2.84. The lowest BCUT2D eigenvalue weighted by molar-refractivity contribution is -0.314. The number of methoxy groups -OCH3 is 2. The molecule has 1 saturated heterocycles. The van der Waals surface area contributed by atoms with E-state index in [0.29, 0.717) is 0 Å². The number of hydrogen-bond donors (Lipinski definition) is 0. The standard InChI is InChI=1S/C17H26O11/c1-8(18)24-7-12(25-9(2)19)13-15(26-10(3)20)14(22-5)16(27-11(4)21)17(23-6)28-13/h12-17H,7H2,1-6H3/t12-,13-,14+,15-,16-,17?/m1/s1. The van der Waals surface area contributed by atoms with Crippen LogP contribution in [0.15, 0.2) is 0 Å². The fraction of sp³-hybridized carbons (Fsp3) is 0.765. The number of hydrogen-bond acceptors (Lipinski definition) is 11. The summed E-state index contributed by atoms with van der Waals surface area (Å²) in [5.41, 5.74) is 0. The Bertz CT molecular complexity index is 575. The molecule has 160 valence electrons. The Morgan fingerprint density at radius 2 is 1.36 bits per heavy atom. The van der Waals surface area contributed by atoms with Gasteiger partial charge in [0, 0.05) is 41.9 Å². The van der Waals surface area contributed by atoms with Crippen LogP contribution in [0.25, 0.3) is 0 Å². The van der Waals surface area contributed by atoms with Gasteiger partial charge in [-0.05, 0) is 0 Å². The summed E-state index contributed by atoms with van der Waals surface area (Å²) in [7, 11) is 2.63. The number of ether oxygens (including phenoxy) is 7. The van der Waals surface area contributed by atoms with Gasteiger partial charge in [0.15, 0.2) is 24.6 Å². The van der Waals surface area contributed by atoms with Gasteiger partial charge in [-0.25, -0.2) is 0 Å². The van der Waals surface area contributed by atoms with Crippen molar-refractivity contribution < 1.29 is 52.3 Å². The number of rotatable bonds is 8. The Morgan fingerprint density at radius 3 is 1.79 bits per heavy atom. The van der Waals surface area contributed by atoms with Crippen LogP contribution in [0.3, 0.4) is 0 Å². The third kappa shape index (κ3) is 6.73. The van der Waals surface area contributed by atoms with E-state index in [0.717, 1.165) is 6.92 Å². The van der Waals surface area contributed by atoms with Crippen molar-refractivity contribution in [1.29, 1.82) is 0 Å². The second-order valence-electron chi connectivity index (χ2n) is 6.00. The zero-order valence-corrected chi connectivity index (χ0v) is 16.7. The normalized spacial score (nSPS) is 28.0. The summed E-state index contributed by atoms with van der Waals surface area (Å²) in [6, 6.07) is 0. The Morgan fingerprint density at radius 1 is 0.786 bits per heavy atom. The zero-order chi connectivity index (χ0) is 21.4. The van der Waals surface area contributed by atoms with Gasteiger partial charge in [-0.15, -0.1) is 0 Å². The third-order valence-electron chi connectivity index (χ3n) is 3.77. The minimum Gasteiger partial charge on any atom is -0.462 e. The van der Waals surface area contributed by atoms with Crippen LogP contribution in [-0.4, -0.2) is 81.5 Å². The first-order chi connectivity index (χ1) is 13.1. The molecule has 11 nitrogen and oxygen atoms in total. The van der Waals surface area contributed by atoms with Crippen LogP contribution < -0.4 is 0 Å². The molecule has 0 aromatic heterocycles. The summed E-state index contributed by atoms with van der Waals surface area (Å²) in [6.07, 6.45) is -6.63. The molecule has 0 aromatic carbocycles. The van der Waals surface area contributed by atoms with Gasteiger partial charge in [0.1, 0.15) is 18.8 Å². The average Bonchev–Trinajstić information content (AvgIpc) is 2.57. The van der Waals surface area contributed by atoms with E-state index in [-0.39, 0.29) is 6.61 Å². The molecule has 0 spiro atoms. The van der Waals surface area contributed by atoms with E-state index in [9.17, 15) is 19.2 Å². The summed E-state index contributed by atoms with van der Waals surface area (Å²) in [6.45, 7) is 4.34. The number of carbonyl (C=O) groups is 4. The molecule has 0 N–H and O–H groups in total. The Kier molecular flexibility index (Phi) is 9.29. The summed E-state index contributed by atoms with van der Waals surface area (Å²) in [5, 5.41) is 0. The smallest absolute Gasteiger partial charge is 0.303 e. The van der Waals surface area contributed by atoms with Crippen molar-refractivity contribution in [3.05, 3.63) is 0 Å². The Hall–Kier alpha value is -2.24. The van der Waals surface area contributed by atoms with E-state index in [4.69, 9.17) is 33.2 Å². The van der Waals surface area contributed by atoms with Gasteiger partial charge >= 0.3 is 23.9 Å². The van der Waals surface area contributed by atoms with Crippen molar-refractivity contribution in [2.24, 2.45) is 0 Å². The number of carbonyl (C=O) groups excluding carboxylic acids is 4. The molecule has 28 heavy (non-hydrogen) atoms. The van der Waals surface area contributed by atoms with Gasteiger partial charge in [0.25, 0.3) is 0 Å². The maximum atomic E-state index is 11.6. The van der Waals surface area contributed by atoms with E-state index in [1.165, 1.54) is 35.0 Å². The maximum absolute atomic E-state index is 11.6. The van der Waals surface area contributed by atoms with Crippen LogP contribution in [0.4, 0.5) is 0 Å². The molecule has 1 heterocycles. The van der Waals surface area contributed by atoms with Gasteiger partial charge in [0.05, 0.1) is 0 Å². The van der Waals surface area contributed by atoms with E-state index in [1.54, 1.807) is 0 Å². The monoisotopic (exact) mass is 406 g/mol. The lowest BCUT2D eigenvalue weighted by Crippen LogP contribution is -2.64. The van der Waals surface area contributed by atoms with Gasteiger partial charge in [-0.3, -0.25) is 19.2 Å². The fourth-order valence-corrected chi connectivity index (χ4v) is 2.84. The topological polar surface area (TPSA) is 133 Å². The predicted octanol–water partition coefficient (Wildman–Crippen LogP) is -0.269. The molecular formula is C17H26O11. The van der Waals surface area contributed by atoms with E-state index in [1.807, 2.05) is 0 Å². The first-order valence-corrected chi connectivity index (χ1v) is 8.46. The molecule has 1 unspecified atom stereocenters. The first-order valence-electron chi connectivity index (χ1n) is 8.46. The molecule has 0 saturated carbocycles. The summed E-state index contributed by atoms with van der Waals surface area (Å²) in [4.78, 5) is 45.8. The lowest BCUT2D eigenvalue weighted by atomic mass is 9.94. The predicted molar refractivity (Wildman–Crippen MR) is 89.8 cm³/mol. The van der Waals surface area contributed by atoms with E-state index in [2.05, 4.69) is 0 Å². The molecule has 1 aliphatic rings. The second kappa shape index (κ2) is 10.9. The lowest BCUT2D eigenvalue weighted by Gasteiger charge is -2.45. The highest BCUT2D eigenvalue weighted by Gasteiger charge is 2.53. The average molecular weight is 406 g/mol. The molecule has 1 fully saturated rings. The van der Waals surface area contributed by atoms with Crippen LogP contribution in [0.5, 0.6) is 0 Å². The molecule has 0 aliphatic carbocycles. The van der Waals surface area contributed by atoms with Gasteiger partial charge in [0.2, 0.25) is 0 Å². The highest BCUT2D eigenvalue weighted by atomic mass is 16.7. The quantitative estimate of drug-likeness (QED) is 0.389. The van der Waals surface area contributed by atoms with Gasteiger partial charge < -0.3 is 33.2 Å². The SMILES string of the molecule is COC1O[C@H]([C@@H](COC(C)=O)OC(C)=O)[C@@H](OC(C)=O)[C@H](OC)[C@H]1OC(C)=O. The van der Waals surface area contributed by atoms with Crippen LogP contribution in [0.2, 0.25) is 0 Å². The third-order valence-corrected chi connectivity index (χ3v) is 3.77. The summed E-state index contributed by atoms with van der Waals surface area (Å²) >= 11 is 0. The van der Waals surface area contributed by atoms with Crippen molar-refractivity contribution in [3.8, 4) is 0 Å². The van der Waals surface area contributed by atoms with Crippen LogP contribution in [0, 0.1) is 0 Å². The first kappa shape index (κ1) is 23.8. The maximum Gasteiger partial charge on any atom is 0.303 e. The second-order valence-corrected chi connectivity index (χ2v) is 6.00. The summed E-state index contributed by atoms with van der Waals surface area (Å²) in [5.74, 6) is -2.59. The molecule has 1 aliphatic heterocycles. The van der Waals surface area contributed by atoms with Crippen molar-refractivity contribution in [3.63, 3.8) is 0 Å². The van der Waals surface area contributed by atoms with Gasteiger partial charge in [-0.1, -0.05) is 0 Å². The van der Waals surface area contributed by atoms with Crippen molar-refractivity contribution >= 4 is 23.9 Å². The van der Waals surface area contributed by atoms with Gasteiger partial charge in [-0.2, -0.15) is 0 Å². The van der Waals surface area contributed by atoms with Crippen molar-refractivity contribution in [2.45, 2.75) is 64.5 Å². The minimum absolute atomic E-state index is 0.359. The molecule has 0 bridgehead atoms. The zero-order valence-electron chi connectivity index (χ0n) is 16.7. The molecular weight excluding hydrogens is 380 g/mol. The Balaban J connectivity index is 3.28. The van der Waals surface area contributed by atoms with Crippen molar-refractivity contribution in [2.75, 3.05) is 20.8 Å². The van der Waals surface area contributed by atoms with Crippen LogP contribution in [-0.2, 0) is 52.3 Å². The summed E-state index contributed by atoms with van der Waals surface area (Å²) < 4.78 is 37.1.